The van der Waals surface area contributed by atoms with Crippen molar-refractivity contribution >= 4 is 11.8 Å². The number of carbonyl (C=O) groups is 2. The monoisotopic (exact) mass is 377 g/mol. The number of aromatic nitrogens is 1. The number of hydrazine groups is 1. The second kappa shape index (κ2) is 9.72. The molecular formula is C21H19N3O4. The molecule has 0 saturated heterocycles. The minimum Gasteiger partial charge on any atom is -0.489 e. The van der Waals surface area contributed by atoms with Gasteiger partial charge in [-0.05, 0) is 42.0 Å². The topological polar surface area (TPSA) is 89.5 Å². The van der Waals surface area contributed by atoms with Crippen LogP contribution < -0.4 is 20.3 Å². The number of rotatable bonds is 7. The van der Waals surface area contributed by atoms with Gasteiger partial charge >= 0.3 is 0 Å². The van der Waals surface area contributed by atoms with Gasteiger partial charge in [0.15, 0.2) is 6.61 Å². The van der Waals surface area contributed by atoms with Gasteiger partial charge in [0.2, 0.25) is 0 Å². The largest absolute Gasteiger partial charge is 0.489 e. The molecular weight excluding hydrogens is 358 g/mol. The summed E-state index contributed by atoms with van der Waals surface area (Å²) in [7, 11) is 0. The molecule has 2 aromatic carbocycles. The molecule has 0 unspecified atom stereocenters. The lowest BCUT2D eigenvalue weighted by Gasteiger charge is -2.10. The highest BCUT2D eigenvalue weighted by Gasteiger charge is 2.07. The number of nitrogens with one attached hydrogen (secondary N) is 2. The van der Waals surface area contributed by atoms with Crippen molar-refractivity contribution in [2.75, 3.05) is 6.61 Å². The van der Waals surface area contributed by atoms with Crippen LogP contribution in [0.25, 0.3) is 0 Å². The smallest absolute Gasteiger partial charge is 0.276 e. The molecule has 3 aromatic rings. The van der Waals surface area contributed by atoms with Crippen LogP contribution in [0.5, 0.6) is 11.5 Å². The lowest BCUT2D eigenvalue weighted by molar-refractivity contribution is -0.123. The van der Waals surface area contributed by atoms with E-state index in [1.165, 1.54) is 12.4 Å². The SMILES string of the molecule is O=C(COc1ccc(OCc2ccccc2)cc1)NNC(=O)c1ccncc1. The number of hydrogen-bond donors (Lipinski definition) is 2. The van der Waals surface area contributed by atoms with E-state index in [-0.39, 0.29) is 6.61 Å². The van der Waals surface area contributed by atoms with Crippen LogP contribution in [0.2, 0.25) is 0 Å². The molecule has 1 heterocycles. The Kier molecular flexibility index (Phi) is 6.57. The Bertz CT molecular complexity index is 900. The fourth-order valence-corrected chi connectivity index (χ4v) is 2.26. The Labute approximate surface area is 162 Å². The lowest BCUT2D eigenvalue weighted by atomic mass is 10.2. The van der Waals surface area contributed by atoms with Crippen molar-refractivity contribution in [3.8, 4) is 11.5 Å². The Morgan fingerprint density at radius 1 is 0.786 bits per heavy atom. The first-order valence-corrected chi connectivity index (χ1v) is 8.59. The summed E-state index contributed by atoms with van der Waals surface area (Å²) in [4.78, 5) is 27.4. The van der Waals surface area contributed by atoms with Gasteiger partial charge in [-0.1, -0.05) is 30.3 Å². The molecule has 2 N–H and O–H groups in total. The molecule has 3 rings (SSSR count). The third-order valence-corrected chi connectivity index (χ3v) is 3.70. The van der Waals surface area contributed by atoms with Gasteiger partial charge in [-0.2, -0.15) is 0 Å². The van der Waals surface area contributed by atoms with Crippen LogP contribution in [0, 0.1) is 0 Å². The first-order valence-electron chi connectivity index (χ1n) is 8.59. The second-order valence-electron chi connectivity index (χ2n) is 5.77. The molecule has 0 fully saturated rings. The third-order valence-electron chi connectivity index (χ3n) is 3.70. The quantitative estimate of drug-likeness (QED) is 0.618. The second-order valence-corrected chi connectivity index (χ2v) is 5.77. The summed E-state index contributed by atoms with van der Waals surface area (Å²) >= 11 is 0. The molecule has 0 aliphatic carbocycles. The van der Waals surface area contributed by atoms with Crippen molar-refractivity contribution < 1.29 is 19.1 Å². The molecule has 2 amide bonds. The maximum Gasteiger partial charge on any atom is 0.276 e. The zero-order valence-electron chi connectivity index (χ0n) is 15.0. The van der Waals surface area contributed by atoms with E-state index in [4.69, 9.17) is 9.47 Å². The summed E-state index contributed by atoms with van der Waals surface area (Å²) in [6, 6.07) is 19.9. The maximum atomic E-state index is 11.8. The molecule has 1 aromatic heterocycles. The summed E-state index contributed by atoms with van der Waals surface area (Å²) in [5.41, 5.74) is 6.07. The molecule has 28 heavy (non-hydrogen) atoms. The van der Waals surface area contributed by atoms with Gasteiger partial charge in [0, 0.05) is 18.0 Å². The minimum absolute atomic E-state index is 0.235. The number of benzene rings is 2. The highest BCUT2D eigenvalue weighted by Crippen LogP contribution is 2.18. The van der Waals surface area contributed by atoms with E-state index in [1.807, 2.05) is 30.3 Å². The van der Waals surface area contributed by atoms with E-state index < -0.39 is 11.8 Å². The Hall–Kier alpha value is -3.87. The fraction of sp³-hybridized carbons (Fsp3) is 0.0952. The third kappa shape index (κ3) is 5.84. The molecule has 142 valence electrons. The number of carbonyl (C=O) groups excluding carboxylic acids is 2. The van der Waals surface area contributed by atoms with E-state index in [0.29, 0.717) is 23.7 Å². The van der Waals surface area contributed by atoms with Crippen LogP contribution in [-0.4, -0.2) is 23.4 Å². The lowest BCUT2D eigenvalue weighted by Crippen LogP contribution is -2.43. The van der Waals surface area contributed by atoms with Gasteiger partial charge in [-0.15, -0.1) is 0 Å². The number of nitrogens with zero attached hydrogens (tertiary/aromatic N) is 1. The number of amides is 2. The van der Waals surface area contributed by atoms with Gasteiger partial charge in [-0.3, -0.25) is 25.4 Å². The van der Waals surface area contributed by atoms with Crippen molar-refractivity contribution in [3.05, 3.63) is 90.3 Å². The van der Waals surface area contributed by atoms with Crippen LogP contribution in [0.4, 0.5) is 0 Å². The molecule has 0 saturated carbocycles. The maximum absolute atomic E-state index is 11.8. The Balaban J connectivity index is 1.39. The molecule has 0 aliphatic heterocycles. The average molecular weight is 377 g/mol. The van der Waals surface area contributed by atoms with Gasteiger partial charge in [0.25, 0.3) is 11.8 Å². The Morgan fingerprint density at radius 3 is 2.11 bits per heavy atom. The first-order chi connectivity index (χ1) is 13.7. The zero-order chi connectivity index (χ0) is 19.6. The van der Waals surface area contributed by atoms with Gasteiger partial charge in [0.1, 0.15) is 18.1 Å². The van der Waals surface area contributed by atoms with E-state index in [2.05, 4.69) is 15.8 Å². The molecule has 0 aliphatic rings. The summed E-state index contributed by atoms with van der Waals surface area (Å²) in [5.74, 6) is 0.301. The van der Waals surface area contributed by atoms with Crippen molar-refractivity contribution in [2.45, 2.75) is 6.61 Å². The van der Waals surface area contributed by atoms with Crippen LogP contribution in [-0.2, 0) is 11.4 Å². The minimum atomic E-state index is -0.480. The normalized spacial score (nSPS) is 10.0. The van der Waals surface area contributed by atoms with Crippen LogP contribution in [0.3, 0.4) is 0 Å². The molecule has 7 heteroatoms. The summed E-state index contributed by atoms with van der Waals surface area (Å²) < 4.78 is 11.1. The number of ether oxygens (including phenoxy) is 2. The summed E-state index contributed by atoms with van der Waals surface area (Å²) in [5, 5.41) is 0. The average Bonchev–Trinajstić information content (AvgIpc) is 2.76. The van der Waals surface area contributed by atoms with Gasteiger partial charge in [0.05, 0.1) is 0 Å². The number of hydrogen-bond acceptors (Lipinski definition) is 5. The fourth-order valence-electron chi connectivity index (χ4n) is 2.26. The molecule has 0 radical (unpaired) electrons. The van der Waals surface area contributed by atoms with Crippen molar-refractivity contribution in [1.29, 1.82) is 0 Å². The first kappa shape index (κ1) is 18.9. The van der Waals surface area contributed by atoms with E-state index >= 15 is 0 Å². The predicted molar refractivity (Wildman–Crippen MR) is 103 cm³/mol. The molecule has 0 spiro atoms. The van der Waals surface area contributed by atoms with Crippen LogP contribution in [0.1, 0.15) is 15.9 Å². The standard InChI is InChI=1S/C21H19N3O4/c25-20(23-24-21(26)17-10-12-22-13-11-17)15-28-19-8-6-18(7-9-19)27-14-16-4-2-1-3-5-16/h1-13H,14-15H2,(H,23,25)(H,24,26). The number of pyridine rings is 1. The van der Waals surface area contributed by atoms with Gasteiger partial charge in [-0.25, -0.2) is 0 Å². The van der Waals surface area contributed by atoms with Crippen molar-refractivity contribution in [1.82, 2.24) is 15.8 Å². The highest BCUT2D eigenvalue weighted by atomic mass is 16.5. The van der Waals surface area contributed by atoms with E-state index in [9.17, 15) is 9.59 Å². The summed E-state index contributed by atoms with van der Waals surface area (Å²) in [6.45, 7) is 0.238. The summed E-state index contributed by atoms with van der Waals surface area (Å²) in [6.07, 6.45) is 2.99. The molecule has 0 bridgehead atoms. The van der Waals surface area contributed by atoms with Crippen molar-refractivity contribution in [2.24, 2.45) is 0 Å². The predicted octanol–water partition coefficient (Wildman–Crippen LogP) is 2.50. The highest BCUT2D eigenvalue weighted by molar-refractivity contribution is 5.95. The van der Waals surface area contributed by atoms with Crippen molar-refractivity contribution in [3.63, 3.8) is 0 Å². The Morgan fingerprint density at radius 2 is 1.43 bits per heavy atom. The molecule has 0 atom stereocenters. The zero-order valence-corrected chi connectivity index (χ0v) is 15.0. The van der Waals surface area contributed by atoms with E-state index in [1.54, 1.807) is 36.4 Å². The van der Waals surface area contributed by atoms with E-state index in [0.717, 1.165) is 5.56 Å². The molecule has 7 nitrogen and oxygen atoms in total. The van der Waals surface area contributed by atoms with Gasteiger partial charge < -0.3 is 9.47 Å². The van der Waals surface area contributed by atoms with Crippen LogP contribution in [0.15, 0.2) is 79.1 Å². The van der Waals surface area contributed by atoms with Crippen LogP contribution >= 0.6 is 0 Å².